The van der Waals surface area contributed by atoms with Gasteiger partial charge in [0.1, 0.15) is 5.82 Å². The third-order valence-corrected chi connectivity index (χ3v) is 6.42. The maximum absolute atomic E-state index is 13.3. The van der Waals surface area contributed by atoms with Gasteiger partial charge in [0.05, 0.1) is 16.7 Å². The van der Waals surface area contributed by atoms with Crippen LogP contribution in [0, 0.1) is 5.82 Å². The molecule has 1 unspecified atom stereocenters. The van der Waals surface area contributed by atoms with Crippen molar-refractivity contribution in [1.29, 1.82) is 0 Å². The van der Waals surface area contributed by atoms with E-state index in [0.29, 0.717) is 11.1 Å². The first-order valence-electron chi connectivity index (χ1n) is 8.27. The quantitative estimate of drug-likeness (QED) is 0.417. The molecule has 0 spiro atoms. The molecule has 0 aliphatic heterocycles. The molecule has 3 heterocycles. The van der Waals surface area contributed by atoms with E-state index < -0.39 is 0 Å². The molecular weight excluding hydrogens is 417 g/mol. The molecule has 0 bridgehead atoms. The first-order chi connectivity index (χ1) is 13.7. The Hall–Kier alpha value is -2.49. The van der Waals surface area contributed by atoms with E-state index in [1.807, 2.05) is 35.0 Å². The van der Waals surface area contributed by atoms with Gasteiger partial charge in [0.25, 0.3) is 11.1 Å². The largest absolute Gasteiger partial charge is 0.410 e. The highest BCUT2D eigenvalue weighted by atomic mass is 32.2. The summed E-state index contributed by atoms with van der Waals surface area (Å²) in [5.74, 6) is 0.0904. The smallest absolute Gasteiger partial charge is 0.277 e. The van der Waals surface area contributed by atoms with Gasteiger partial charge in [-0.3, -0.25) is 4.79 Å². The van der Waals surface area contributed by atoms with Crippen molar-refractivity contribution in [1.82, 2.24) is 15.5 Å². The fraction of sp³-hybridized carbons (Fsp3) is 0.105. The molecule has 9 heteroatoms. The molecule has 0 saturated carbocycles. The molecule has 1 amide bonds. The summed E-state index contributed by atoms with van der Waals surface area (Å²) in [5, 5.41) is 15.2. The number of hydrogen-bond donors (Lipinski definition) is 1. The lowest BCUT2D eigenvalue weighted by Crippen LogP contribution is -2.30. The number of aromatic nitrogens is 2. The van der Waals surface area contributed by atoms with Gasteiger partial charge in [0, 0.05) is 4.88 Å². The Morgan fingerprint density at radius 1 is 1.11 bits per heavy atom. The number of thiophene rings is 2. The van der Waals surface area contributed by atoms with E-state index in [2.05, 4.69) is 15.5 Å². The van der Waals surface area contributed by atoms with Crippen molar-refractivity contribution < 1.29 is 13.6 Å². The van der Waals surface area contributed by atoms with Crippen LogP contribution in [0.2, 0.25) is 0 Å². The Labute approximate surface area is 172 Å². The fourth-order valence-corrected chi connectivity index (χ4v) is 4.55. The normalized spacial score (nSPS) is 12.0. The van der Waals surface area contributed by atoms with Gasteiger partial charge in [-0.05, 0) is 40.6 Å². The maximum atomic E-state index is 13.3. The predicted molar refractivity (Wildman–Crippen MR) is 109 cm³/mol. The number of amides is 1. The summed E-state index contributed by atoms with van der Waals surface area (Å²) < 4.78 is 18.8. The lowest BCUT2D eigenvalue weighted by Gasteiger charge is -2.18. The summed E-state index contributed by atoms with van der Waals surface area (Å²) in [4.78, 5) is 14.4. The molecule has 0 saturated heterocycles. The van der Waals surface area contributed by atoms with Gasteiger partial charge in [-0.15, -0.1) is 32.9 Å². The molecule has 28 heavy (non-hydrogen) atoms. The zero-order chi connectivity index (χ0) is 19.3. The topological polar surface area (TPSA) is 68.0 Å². The van der Waals surface area contributed by atoms with Crippen LogP contribution in [-0.4, -0.2) is 21.9 Å². The number of hydrogen-bond acceptors (Lipinski definition) is 7. The summed E-state index contributed by atoms with van der Waals surface area (Å²) in [6.07, 6.45) is 0. The van der Waals surface area contributed by atoms with Crippen molar-refractivity contribution in [2.45, 2.75) is 11.3 Å². The molecule has 5 nitrogen and oxygen atoms in total. The highest BCUT2D eigenvalue weighted by Crippen LogP contribution is 2.28. The lowest BCUT2D eigenvalue weighted by atomic mass is 10.1. The third kappa shape index (κ3) is 4.49. The molecular formula is C19H14FN3O2S3. The van der Waals surface area contributed by atoms with Crippen LogP contribution in [0.25, 0.3) is 10.8 Å². The zero-order valence-electron chi connectivity index (χ0n) is 14.4. The maximum Gasteiger partial charge on any atom is 0.277 e. The van der Waals surface area contributed by atoms with E-state index in [0.717, 1.165) is 15.3 Å². The van der Waals surface area contributed by atoms with E-state index in [4.69, 9.17) is 4.42 Å². The number of rotatable bonds is 7. The Bertz CT molecular complexity index is 1030. The van der Waals surface area contributed by atoms with E-state index in [9.17, 15) is 9.18 Å². The highest BCUT2D eigenvalue weighted by molar-refractivity contribution is 7.99. The van der Waals surface area contributed by atoms with Crippen LogP contribution in [0.4, 0.5) is 4.39 Å². The van der Waals surface area contributed by atoms with E-state index in [1.165, 1.54) is 46.6 Å². The van der Waals surface area contributed by atoms with Crippen molar-refractivity contribution >= 4 is 40.3 Å². The summed E-state index contributed by atoms with van der Waals surface area (Å²) in [6, 6.07) is 13.5. The van der Waals surface area contributed by atoms with Crippen molar-refractivity contribution in [3.8, 4) is 10.8 Å². The average molecular weight is 432 g/mol. The Morgan fingerprint density at radius 3 is 2.61 bits per heavy atom. The first kappa shape index (κ1) is 18.9. The number of halogens is 1. The van der Waals surface area contributed by atoms with Crippen LogP contribution in [0.3, 0.4) is 0 Å². The van der Waals surface area contributed by atoms with Crippen LogP contribution in [0.5, 0.6) is 0 Å². The molecule has 142 valence electrons. The number of carbonyl (C=O) groups excluding carboxylic acids is 1. The average Bonchev–Trinajstić information content (AvgIpc) is 3.47. The second-order valence-corrected chi connectivity index (χ2v) is 8.56. The molecule has 0 aliphatic carbocycles. The second kappa shape index (κ2) is 8.68. The zero-order valence-corrected chi connectivity index (χ0v) is 16.8. The van der Waals surface area contributed by atoms with Crippen LogP contribution < -0.4 is 5.32 Å². The number of nitrogens with one attached hydrogen (secondary N) is 1. The van der Waals surface area contributed by atoms with E-state index in [-0.39, 0.29) is 23.5 Å². The number of carbonyl (C=O) groups is 1. The minimum Gasteiger partial charge on any atom is -0.410 e. The summed E-state index contributed by atoms with van der Waals surface area (Å²) in [5.41, 5.74) is 0.819. The molecule has 1 atom stereocenters. The van der Waals surface area contributed by atoms with Gasteiger partial charge in [-0.2, -0.15) is 0 Å². The van der Waals surface area contributed by atoms with Crippen LogP contribution in [0.1, 0.15) is 16.5 Å². The lowest BCUT2D eigenvalue weighted by molar-refractivity contribution is -0.119. The minimum absolute atomic E-state index is 0.134. The Balaban J connectivity index is 1.41. The van der Waals surface area contributed by atoms with Gasteiger partial charge in [-0.1, -0.05) is 36.0 Å². The monoisotopic (exact) mass is 431 g/mol. The molecule has 0 aliphatic rings. The molecule has 0 fully saturated rings. The van der Waals surface area contributed by atoms with Crippen molar-refractivity contribution in [3.63, 3.8) is 0 Å². The summed E-state index contributed by atoms with van der Waals surface area (Å²) in [6.45, 7) is 0. The van der Waals surface area contributed by atoms with Gasteiger partial charge in [0.2, 0.25) is 5.91 Å². The Kier molecular flexibility index (Phi) is 5.84. The molecule has 3 aromatic heterocycles. The SMILES string of the molecule is O=C(CSc1nnc(-c2cccs2)o1)NC(c1ccc(F)cc1)c1cccs1. The third-order valence-electron chi connectivity index (χ3n) is 3.80. The van der Waals surface area contributed by atoms with Gasteiger partial charge < -0.3 is 9.73 Å². The molecule has 1 N–H and O–H groups in total. The number of nitrogens with zero attached hydrogens (tertiary/aromatic N) is 2. The minimum atomic E-state index is -0.335. The Morgan fingerprint density at radius 2 is 1.89 bits per heavy atom. The number of thioether (sulfide) groups is 1. The van der Waals surface area contributed by atoms with Crippen molar-refractivity contribution in [2.24, 2.45) is 0 Å². The molecule has 0 radical (unpaired) electrons. The summed E-state index contributed by atoms with van der Waals surface area (Å²) in [7, 11) is 0. The van der Waals surface area contributed by atoms with E-state index >= 15 is 0 Å². The van der Waals surface area contributed by atoms with Crippen molar-refractivity contribution in [3.05, 3.63) is 75.5 Å². The van der Waals surface area contributed by atoms with Gasteiger partial charge in [-0.25, -0.2) is 4.39 Å². The second-order valence-electron chi connectivity index (χ2n) is 5.71. The van der Waals surface area contributed by atoms with Gasteiger partial charge in [0.15, 0.2) is 0 Å². The first-order valence-corrected chi connectivity index (χ1v) is 11.0. The molecule has 1 aromatic carbocycles. The molecule has 4 aromatic rings. The van der Waals surface area contributed by atoms with Crippen LogP contribution in [0.15, 0.2) is 68.9 Å². The molecule has 4 rings (SSSR count). The summed E-state index contributed by atoms with van der Waals surface area (Å²) >= 11 is 4.22. The highest BCUT2D eigenvalue weighted by Gasteiger charge is 2.19. The standard InChI is InChI=1S/C19H14FN3O2S3/c20-13-7-5-12(6-8-13)17(14-3-1-9-26-14)21-16(24)11-28-19-23-22-18(25-19)15-4-2-10-27-15/h1-10,17H,11H2,(H,21,24). The number of benzene rings is 1. The van der Waals surface area contributed by atoms with Gasteiger partial charge >= 0.3 is 0 Å². The van der Waals surface area contributed by atoms with Crippen LogP contribution >= 0.6 is 34.4 Å². The fourth-order valence-electron chi connectivity index (χ4n) is 2.53. The van der Waals surface area contributed by atoms with E-state index in [1.54, 1.807) is 12.1 Å². The van der Waals surface area contributed by atoms with Crippen molar-refractivity contribution in [2.75, 3.05) is 5.75 Å². The predicted octanol–water partition coefficient (Wildman–Crippen LogP) is 5.00. The van der Waals surface area contributed by atoms with Crippen LogP contribution in [-0.2, 0) is 4.79 Å².